The van der Waals surface area contributed by atoms with E-state index in [0.717, 1.165) is 24.3 Å². The van der Waals surface area contributed by atoms with Crippen LogP contribution < -0.4 is 15.4 Å². The monoisotopic (exact) mass is 284 g/mol. The number of carbonyl (C=O) groups is 1. The van der Waals surface area contributed by atoms with Crippen LogP contribution in [0.3, 0.4) is 0 Å². The van der Waals surface area contributed by atoms with Crippen LogP contribution in [0.15, 0.2) is 54.6 Å². The van der Waals surface area contributed by atoms with Gasteiger partial charge in [0.2, 0.25) is 0 Å². The van der Waals surface area contributed by atoms with Crippen LogP contribution in [-0.4, -0.2) is 19.7 Å². The summed E-state index contributed by atoms with van der Waals surface area (Å²) in [6.45, 7) is 0.650. The van der Waals surface area contributed by atoms with Gasteiger partial charge in [0.15, 0.2) is 0 Å². The third-order valence-corrected chi connectivity index (χ3v) is 3.12. The zero-order valence-electron chi connectivity index (χ0n) is 12.1. The summed E-state index contributed by atoms with van der Waals surface area (Å²) < 4.78 is 5.07. The smallest absolute Gasteiger partial charge is 0.319 e. The Morgan fingerprint density at radius 3 is 2.43 bits per heavy atom. The van der Waals surface area contributed by atoms with Gasteiger partial charge in [-0.1, -0.05) is 30.3 Å². The lowest BCUT2D eigenvalue weighted by Crippen LogP contribution is -2.29. The Morgan fingerprint density at radius 2 is 1.76 bits per heavy atom. The SMILES string of the molecule is COc1ccc(NC(=O)NCCCc2ccccc2)cc1. The molecule has 0 aliphatic carbocycles. The van der Waals surface area contributed by atoms with Crippen LogP contribution in [0.5, 0.6) is 5.75 Å². The minimum absolute atomic E-state index is 0.187. The lowest BCUT2D eigenvalue weighted by atomic mass is 10.1. The molecule has 2 N–H and O–H groups in total. The average molecular weight is 284 g/mol. The molecule has 0 heterocycles. The van der Waals surface area contributed by atoms with Crippen molar-refractivity contribution in [2.24, 2.45) is 0 Å². The van der Waals surface area contributed by atoms with Gasteiger partial charge in [0, 0.05) is 12.2 Å². The largest absolute Gasteiger partial charge is 0.497 e. The molecule has 2 aromatic rings. The summed E-state index contributed by atoms with van der Waals surface area (Å²) in [5.41, 5.74) is 2.03. The normalized spacial score (nSPS) is 9.95. The number of rotatable bonds is 6. The fourth-order valence-electron chi connectivity index (χ4n) is 1.99. The molecule has 4 nitrogen and oxygen atoms in total. The van der Waals surface area contributed by atoms with E-state index in [1.165, 1.54) is 5.56 Å². The number of hydrogen-bond acceptors (Lipinski definition) is 2. The standard InChI is InChI=1S/C17H20N2O2/c1-21-16-11-9-15(10-12-16)19-17(20)18-13-5-8-14-6-3-2-4-7-14/h2-4,6-7,9-12H,5,8,13H2,1H3,(H2,18,19,20). The Morgan fingerprint density at radius 1 is 1.05 bits per heavy atom. The number of methoxy groups -OCH3 is 1. The molecule has 2 aromatic carbocycles. The van der Waals surface area contributed by atoms with Gasteiger partial charge in [0.1, 0.15) is 5.75 Å². The van der Waals surface area contributed by atoms with E-state index in [0.29, 0.717) is 6.54 Å². The summed E-state index contributed by atoms with van der Waals surface area (Å²) in [4.78, 5) is 11.7. The number of benzene rings is 2. The molecule has 21 heavy (non-hydrogen) atoms. The van der Waals surface area contributed by atoms with Crippen molar-refractivity contribution in [3.05, 3.63) is 60.2 Å². The molecular weight excluding hydrogens is 264 g/mol. The highest BCUT2D eigenvalue weighted by atomic mass is 16.5. The van der Waals surface area contributed by atoms with Gasteiger partial charge in [-0.25, -0.2) is 4.79 Å². The molecule has 0 saturated carbocycles. The third-order valence-electron chi connectivity index (χ3n) is 3.12. The Hall–Kier alpha value is -2.49. The van der Waals surface area contributed by atoms with E-state index in [9.17, 15) is 4.79 Å². The third kappa shape index (κ3) is 5.18. The number of aryl methyl sites for hydroxylation is 1. The number of nitrogens with one attached hydrogen (secondary N) is 2. The fraction of sp³-hybridized carbons (Fsp3) is 0.235. The maximum atomic E-state index is 11.7. The summed E-state index contributed by atoms with van der Waals surface area (Å²) in [5.74, 6) is 0.767. The van der Waals surface area contributed by atoms with Gasteiger partial charge >= 0.3 is 6.03 Å². The lowest BCUT2D eigenvalue weighted by Gasteiger charge is -2.08. The predicted octanol–water partition coefficient (Wildman–Crippen LogP) is 3.45. The van der Waals surface area contributed by atoms with E-state index >= 15 is 0 Å². The highest BCUT2D eigenvalue weighted by Gasteiger charge is 2.01. The Labute approximate surface area is 125 Å². The van der Waals surface area contributed by atoms with E-state index in [-0.39, 0.29) is 6.03 Å². The van der Waals surface area contributed by atoms with Crippen molar-refractivity contribution in [2.75, 3.05) is 19.0 Å². The van der Waals surface area contributed by atoms with E-state index in [4.69, 9.17) is 4.74 Å². The molecule has 2 rings (SSSR count). The molecule has 0 fully saturated rings. The number of amides is 2. The maximum absolute atomic E-state index is 11.7. The fourth-order valence-corrected chi connectivity index (χ4v) is 1.99. The summed E-state index contributed by atoms with van der Waals surface area (Å²) in [6, 6.07) is 17.3. The van der Waals surface area contributed by atoms with Crippen molar-refractivity contribution in [3.63, 3.8) is 0 Å². The van der Waals surface area contributed by atoms with E-state index in [1.54, 1.807) is 7.11 Å². The molecule has 110 valence electrons. The first kappa shape index (κ1) is 14.9. The summed E-state index contributed by atoms with van der Waals surface area (Å²) in [5, 5.41) is 5.63. The molecule has 0 aromatic heterocycles. The summed E-state index contributed by atoms with van der Waals surface area (Å²) >= 11 is 0. The second-order valence-corrected chi connectivity index (χ2v) is 4.70. The van der Waals surface area contributed by atoms with Gasteiger partial charge in [-0.3, -0.25) is 0 Å². The van der Waals surface area contributed by atoms with Gasteiger partial charge in [-0.05, 0) is 42.7 Å². The molecule has 0 aliphatic rings. The van der Waals surface area contributed by atoms with Crippen LogP contribution >= 0.6 is 0 Å². The van der Waals surface area contributed by atoms with Gasteiger partial charge < -0.3 is 15.4 Å². The Kier molecular flexibility index (Phi) is 5.64. The first-order chi connectivity index (χ1) is 10.3. The zero-order valence-corrected chi connectivity index (χ0v) is 12.1. The molecule has 2 amide bonds. The average Bonchev–Trinajstić information content (AvgIpc) is 2.53. The minimum atomic E-state index is -0.187. The second-order valence-electron chi connectivity index (χ2n) is 4.70. The quantitative estimate of drug-likeness (QED) is 0.798. The molecule has 4 heteroatoms. The molecule has 0 unspecified atom stereocenters. The van der Waals surface area contributed by atoms with E-state index in [2.05, 4.69) is 22.8 Å². The molecule has 0 saturated heterocycles. The topological polar surface area (TPSA) is 50.4 Å². The second kappa shape index (κ2) is 7.94. The molecule has 0 radical (unpaired) electrons. The highest BCUT2D eigenvalue weighted by molar-refractivity contribution is 5.89. The number of carbonyl (C=O) groups excluding carboxylic acids is 1. The predicted molar refractivity (Wildman–Crippen MR) is 84.8 cm³/mol. The Bertz CT molecular complexity index is 553. The molecule has 0 bridgehead atoms. The van der Waals surface area contributed by atoms with Crippen LogP contribution in [-0.2, 0) is 6.42 Å². The first-order valence-electron chi connectivity index (χ1n) is 7.01. The van der Waals surface area contributed by atoms with Crippen LogP contribution in [0.2, 0.25) is 0 Å². The van der Waals surface area contributed by atoms with E-state index in [1.807, 2.05) is 42.5 Å². The Balaban J connectivity index is 1.67. The van der Waals surface area contributed by atoms with Crippen LogP contribution in [0.4, 0.5) is 10.5 Å². The van der Waals surface area contributed by atoms with Gasteiger partial charge in [-0.15, -0.1) is 0 Å². The zero-order chi connectivity index (χ0) is 14.9. The van der Waals surface area contributed by atoms with Crippen LogP contribution in [0, 0.1) is 0 Å². The van der Waals surface area contributed by atoms with Crippen molar-refractivity contribution in [1.82, 2.24) is 5.32 Å². The summed E-state index contributed by atoms with van der Waals surface area (Å²) in [7, 11) is 1.61. The van der Waals surface area contributed by atoms with Crippen LogP contribution in [0.1, 0.15) is 12.0 Å². The van der Waals surface area contributed by atoms with Gasteiger partial charge in [0.05, 0.1) is 7.11 Å². The number of anilines is 1. The first-order valence-corrected chi connectivity index (χ1v) is 7.01. The highest BCUT2D eigenvalue weighted by Crippen LogP contribution is 2.14. The van der Waals surface area contributed by atoms with E-state index < -0.39 is 0 Å². The summed E-state index contributed by atoms with van der Waals surface area (Å²) in [6.07, 6.45) is 1.88. The van der Waals surface area contributed by atoms with Crippen molar-refractivity contribution in [1.29, 1.82) is 0 Å². The molecule has 0 aliphatic heterocycles. The van der Waals surface area contributed by atoms with Crippen molar-refractivity contribution >= 4 is 11.7 Å². The minimum Gasteiger partial charge on any atom is -0.497 e. The lowest BCUT2D eigenvalue weighted by molar-refractivity contribution is 0.252. The van der Waals surface area contributed by atoms with Crippen molar-refractivity contribution in [3.8, 4) is 5.75 Å². The maximum Gasteiger partial charge on any atom is 0.319 e. The molecule has 0 spiro atoms. The van der Waals surface area contributed by atoms with Gasteiger partial charge in [0.25, 0.3) is 0 Å². The van der Waals surface area contributed by atoms with Crippen molar-refractivity contribution in [2.45, 2.75) is 12.8 Å². The number of hydrogen-bond donors (Lipinski definition) is 2. The van der Waals surface area contributed by atoms with Gasteiger partial charge in [-0.2, -0.15) is 0 Å². The van der Waals surface area contributed by atoms with Crippen molar-refractivity contribution < 1.29 is 9.53 Å². The number of urea groups is 1. The molecule has 0 atom stereocenters. The van der Waals surface area contributed by atoms with Crippen LogP contribution in [0.25, 0.3) is 0 Å². The molecular formula is C17H20N2O2. The number of ether oxygens (including phenoxy) is 1.